The van der Waals surface area contributed by atoms with Crippen molar-refractivity contribution in [1.82, 2.24) is 4.98 Å². The van der Waals surface area contributed by atoms with E-state index in [2.05, 4.69) is 4.98 Å². The smallest absolute Gasteiger partial charge is 0.345 e. The van der Waals surface area contributed by atoms with E-state index in [1.807, 2.05) is 0 Å². The average molecular weight is 262 g/mol. The van der Waals surface area contributed by atoms with E-state index in [9.17, 15) is 14.9 Å². The van der Waals surface area contributed by atoms with E-state index in [1.54, 1.807) is 0 Å². The summed E-state index contributed by atoms with van der Waals surface area (Å²) >= 11 is 0. The van der Waals surface area contributed by atoms with Gasteiger partial charge in [-0.15, -0.1) is 0 Å². The van der Waals surface area contributed by atoms with Crippen LogP contribution in [0.2, 0.25) is 0 Å². The number of benzene rings is 1. The molecule has 0 aliphatic rings. The number of rotatable bonds is 3. The van der Waals surface area contributed by atoms with E-state index in [-0.39, 0.29) is 23.0 Å². The van der Waals surface area contributed by atoms with Crippen molar-refractivity contribution in [3.05, 3.63) is 50.4 Å². The number of hydrogen-bond acceptors (Lipinski definition) is 6. The number of aromatic nitrogens is 1. The Hall–Kier alpha value is -2.70. The summed E-state index contributed by atoms with van der Waals surface area (Å²) in [6, 6.07) is 5.53. The summed E-state index contributed by atoms with van der Waals surface area (Å²) in [7, 11) is 1.40. The van der Waals surface area contributed by atoms with Gasteiger partial charge in [0.1, 0.15) is 0 Å². The quantitative estimate of drug-likeness (QED) is 0.619. The van der Waals surface area contributed by atoms with Crippen LogP contribution in [0.3, 0.4) is 0 Å². The lowest BCUT2D eigenvalue weighted by Crippen LogP contribution is -2.08. The molecule has 0 spiro atoms. The van der Waals surface area contributed by atoms with Crippen LogP contribution in [0, 0.1) is 17.0 Å². The van der Waals surface area contributed by atoms with Crippen LogP contribution in [0.15, 0.2) is 33.5 Å². The molecule has 0 atom stereocenters. The van der Waals surface area contributed by atoms with Crippen molar-refractivity contribution >= 4 is 5.69 Å². The maximum Gasteiger partial charge on any atom is 0.345 e. The molecule has 0 saturated carbocycles. The van der Waals surface area contributed by atoms with E-state index in [0.717, 1.165) is 0 Å². The van der Waals surface area contributed by atoms with Gasteiger partial charge in [0.25, 0.3) is 5.69 Å². The van der Waals surface area contributed by atoms with E-state index in [4.69, 9.17) is 9.15 Å². The molecule has 0 N–H and O–H groups in total. The molecule has 0 fully saturated rings. The lowest BCUT2D eigenvalue weighted by atomic mass is 10.2. The number of ether oxygens (including phenoxy) is 1. The van der Waals surface area contributed by atoms with Gasteiger partial charge < -0.3 is 9.15 Å². The second kappa shape index (κ2) is 4.89. The van der Waals surface area contributed by atoms with Crippen molar-refractivity contribution in [2.75, 3.05) is 7.11 Å². The number of nitrogens with zero attached hydrogens (tertiary/aromatic N) is 2. The van der Waals surface area contributed by atoms with Crippen molar-refractivity contribution in [1.29, 1.82) is 0 Å². The molecule has 1 heterocycles. The minimum atomic E-state index is -0.555. The Kier molecular flexibility index (Phi) is 3.28. The molecule has 1 aromatic heterocycles. The highest BCUT2D eigenvalue weighted by atomic mass is 16.6. The number of nitro groups is 1. The topological polar surface area (TPSA) is 95.5 Å². The minimum Gasteiger partial charge on any atom is -0.481 e. The Morgan fingerprint density at radius 2 is 1.95 bits per heavy atom. The monoisotopic (exact) mass is 262 g/mol. The van der Waals surface area contributed by atoms with Crippen LogP contribution in [-0.4, -0.2) is 17.0 Å². The zero-order chi connectivity index (χ0) is 14.0. The summed E-state index contributed by atoms with van der Waals surface area (Å²) in [4.78, 5) is 25.6. The molecule has 2 rings (SSSR count). The number of non-ortho nitro benzene ring substituents is 1. The van der Waals surface area contributed by atoms with E-state index in [1.165, 1.54) is 38.3 Å². The highest BCUT2D eigenvalue weighted by molar-refractivity contribution is 5.56. The van der Waals surface area contributed by atoms with Gasteiger partial charge in [-0.3, -0.25) is 10.1 Å². The Morgan fingerprint density at radius 1 is 1.32 bits per heavy atom. The van der Waals surface area contributed by atoms with Crippen molar-refractivity contribution in [2.24, 2.45) is 0 Å². The predicted octanol–water partition coefficient (Wildman–Crippen LogP) is 1.93. The van der Waals surface area contributed by atoms with Crippen LogP contribution < -0.4 is 10.4 Å². The highest BCUT2D eigenvalue weighted by Crippen LogP contribution is 2.22. The summed E-state index contributed by atoms with van der Waals surface area (Å²) in [6.07, 6.45) is 0. The van der Waals surface area contributed by atoms with Gasteiger partial charge in [-0.25, -0.2) is 4.79 Å². The van der Waals surface area contributed by atoms with Gasteiger partial charge in [0.15, 0.2) is 0 Å². The van der Waals surface area contributed by atoms with Crippen molar-refractivity contribution in [2.45, 2.75) is 6.92 Å². The normalized spacial score (nSPS) is 10.2. The largest absolute Gasteiger partial charge is 0.481 e. The van der Waals surface area contributed by atoms with Gasteiger partial charge in [-0.2, -0.15) is 4.98 Å². The average Bonchev–Trinajstić information content (AvgIpc) is 2.41. The molecule has 0 amide bonds. The van der Waals surface area contributed by atoms with Crippen molar-refractivity contribution in [3.8, 4) is 17.3 Å². The molecule has 7 nitrogen and oxygen atoms in total. The molecular formula is C12H10N2O5. The Balaban J connectivity index is 2.50. The van der Waals surface area contributed by atoms with Gasteiger partial charge in [-0.05, 0) is 19.1 Å². The minimum absolute atomic E-state index is 0.0508. The third kappa shape index (κ3) is 2.44. The first-order valence-electron chi connectivity index (χ1n) is 5.33. The number of hydrogen-bond donors (Lipinski definition) is 0. The number of nitro benzene ring substituents is 1. The Labute approximate surface area is 107 Å². The van der Waals surface area contributed by atoms with Crippen molar-refractivity contribution < 1.29 is 14.1 Å². The van der Waals surface area contributed by atoms with Crippen LogP contribution in [0.4, 0.5) is 5.69 Å². The second-order valence-corrected chi connectivity index (χ2v) is 3.74. The third-order valence-corrected chi connectivity index (χ3v) is 2.54. The molecule has 19 heavy (non-hydrogen) atoms. The summed E-state index contributed by atoms with van der Waals surface area (Å²) in [5, 5.41) is 10.5. The van der Waals surface area contributed by atoms with E-state index < -0.39 is 10.5 Å². The zero-order valence-electron chi connectivity index (χ0n) is 10.2. The molecule has 0 aliphatic heterocycles. The molecule has 0 aliphatic carbocycles. The fraction of sp³-hybridized carbons (Fsp3) is 0.167. The molecule has 98 valence electrons. The fourth-order valence-corrected chi connectivity index (χ4v) is 1.50. The molecule has 1 aromatic carbocycles. The molecule has 0 saturated heterocycles. The van der Waals surface area contributed by atoms with Gasteiger partial charge >= 0.3 is 5.63 Å². The van der Waals surface area contributed by atoms with E-state index in [0.29, 0.717) is 5.56 Å². The maximum atomic E-state index is 11.6. The predicted molar refractivity (Wildman–Crippen MR) is 66.2 cm³/mol. The highest BCUT2D eigenvalue weighted by Gasteiger charge is 2.13. The first kappa shape index (κ1) is 12.7. The third-order valence-electron chi connectivity index (χ3n) is 2.54. The fourth-order valence-electron chi connectivity index (χ4n) is 1.50. The first-order chi connectivity index (χ1) is 9.02. The Morgan fingerprint density at radius 3 is 2.47 bits per heavy atom. The summed E-state index contributed by atoms with van der Waals surface area (Å²) in [6.45, 7) is 1.54. The van der Waals surface area contributed by atoms with E-state index >= 15 is 0 Å². The van der Waals surface area contributed by atoms with Crippen molar-refractivity contribution in [3.63, 3.8) is 0 Å². The lowest BCUT2D eigenvalue weighted by molar-refractivity contribution is -0.384. The van der Waals surface area contributed by atoms with Gasteiger partial charge in [0.05, 0.1) is 17.6 Å². The number of methoxy groups -OCH3 is 1. The van der Waals surface area contributed by atoms with Crippen LogP contribution >= 0.6 is 0 Å². The summed E-state index contributed by atoms with van der Waals surface area (Å²) in [5.74, 6) is 0.229. The molecule has 0 radical (unpaired) electrons. The summed E-state index contributed by atoms with van der Waals surface area (Å²) in [5.41, 5.74) is 0.125. The van der Waals surface area contributed by atoms with Crippen LogP contribution in [0.1, 0.15) is 5.56 Å². The molecule has 0 unspecified atom stereocenters. The molecule has 0 bridgehead atoms. The van der Waals surface area contributed by atoms with Crippen LogP contribution in [0.25, 0.3) is 11.5 Å². The molecular weight excluding hydrogens is 252 g/mol. The second-order valence-electron chi connectivity index (χ2n) is 3.74. The lowest BCUT2D eigenvalue weighted by Gasteiger charge is -2.04. The van der Waals surface area contributed by atoms with Gasteiger partial charge in [0.2, 0.25) is 11.8 Å². The maximum absolute atomic E-state index is 11.6. The Bertz CT molecular complexity index is 676. The molecule has 2 aromatic rings. The van der Waals surface area contributed by atoms with Gasteiger partial charge in [-0.1, -0.05) is 0 Å². The SMILES string of the molecule is COc1nc(-c2ccc([N+](=O)[O-])cc2)oc(=O)c1C. The molecule has 7 heteroatoms. The zero-order valence-corrected chi connectivity index (χ0v) is 10.2. The first-order valence-corrected chi connectivity index (χ1v) is 5.33. The summed E-state index contributed by atoms with van der Waals surface area (Å²) < 4.78 is 9.99. The van der Waals surface area contributed by atoms with Gasteiger partial charge in [0, 0.05) is 17.7 Å². The van der Waals surface area contributed by atoms with Crippen LogP contribution in [0.5, 0.6) is 5.88 Å². The van der Waals surface area contributed by atoms with Crippen LogP contribution in [-0.2, 0) is 0 Å². The standard InChI is InChI=1S/C12H10N2O5/c1-7-10(18-2)13-11(19-12(7)15)8-3-5-9(6-4-8)14(16)17/h3-6H,1-2H3.